The second-order valence-electron chi connectivity index (χ2n) is 9.47. The molecule has 1 aliphatic heterocycles. The Bertz CT molecular complexity index is 1470. The van der Waals surface area contributed by atoms with E-state index in [0.29, 0.717) is 28.8 Å². The zero-order chi connectivity index (χ0) is 26.4. The van der Waals surface area contributed by atoms with Gasteiger partial charge in [-0.2, -0.15) is 13.2 Å². The topological polar surface area (TPSA) is 102 Å². The predicted octanol–water partition coefficient (Wildman–Crippen LogP) is 4.84. The molecule has 1 unspecified atom stereocenters. The van der Waals surface area contributed by atoms with Crippen molar-refractivity contribution < 1.29 is 22.8 Å². The maximum Gasteiger partial charge on any atom is 0.416 e. The number of fused-ring (bicyclic) bond motifs is 1. The van der Waals surface area contributed by atoms with Crippen LogP contribution in [0.2, 0.25) is 0 Å². The first-order chi connectivity index (χ1) is 17.6. The molecule has 6 nitrogen and oxygen atoms in total. The fraction of sp³-hybridized carbons (Fsp3) is 0.250. The maximum absolute atomic E-state index is 13.4. The highest BCUT2D eigenvalue weighted by Gasteiger charge is 2.46. The average Bonchev–Trinajstić information content (AvgIpc) is 2.88. The number of carbonyl (C=O) groups is 2. The zero-order valence-corrected chi connectivity index (χ0v) is 19.9. The molecular formula is C28H25F3N4O2. The number of primary amides is 2. The summed E-state index contributed by atoms with van der Waals surface area (Å²) in [5.41, 5.74) is 12.7. The van der Waals surface area contributed by atoms with Gasteiger partial charge in [0.05, 0.1) is 11.0 Å². The first kappa shape index (κ1) is 24.5. The lowest BCUT2D eigenvalue weighted by Crippen LogP contribution is -2.50. The molecule has 37 heavy (non-hydrogen) atoms. The van der Waals surface area contributed by atoms with Gasteiger partial charge in [-0.3, -0.25) is 9.78 Å². The number of amides is 3. The van der Waals surface area contributed by atoms with Gasteiger partial charge in [0.25, 0.3) is 0 Å². The summed E-state index contributed by atoms with van der Waals surface area (Å²) in [6.07, 6.45) is -0.353. The van der Waals surface area contributed by atoms with Crippen LogP contribution in [0.3, 0.4) is 0 Å². The molecule has 190 valence electrons. The summed E-state index contributed by atoms with van der Waals surface area (Å²) in [5.74, 6) is -0.583. The number of hydrogen-bond donors (Lipinski definition) is 2. The quantitative estimate of drug-likeness (QED) is 0.530. The number of allylic oxidation sites excluding steroid dienone is 2. The third-order valence-corrected chi connectivity index (χ3v) is 7.41. The van der Waals surface area contributed by atoms with Crippen molar-refractivity contribution in [1.82, 2.24) is 9.88 Å². The van der Waals surface area contributed by atoms with Gasteiger partial charge >= 0.3 is 12.2 Å². The summed E-state index contributed by atoms with van der Waals surface area (Å²) in [5, 5.41) is 1.84. The van der Waals surface area contributed by atoms with Gasteiger partial charge < -0.3 is 16.4 Å². The van der Waals surface area contributed by atoms with Crippen LogP contribution in [0.25, 0.3) is 16.3 Å². The third-order valence-electron chi connectivity index (χ3n) is 7.41. The monoisotopic (exact) mass is 506 g/mol. The minimum atomic E-state index is -4.49. The van der Waals surface area contributed by atoms with Gasteiger partial charge in [0.2, 0.25) is 5.91 Å². The summed E-state index contributed by atoms with van der Waals surface area (Å²) in [4.78, 5) is 31.3. The van der Waals surface area contributed by atoms with E-state index in [4.69, 9.17) is 11.5 Å². The Kier molecular flexibility index (Phi) is 6.01. The number of nitrogens with zero attached hydrogens (tertiary/aromatic N) is 2. The highest BCUT2D eigenvalue weighted by molar-refractivity contribution is 5.93. The van der Waals surface area contributed by atoms with Crippen molar-refractivity contribution in [3.8, 4) is 0 Å². The summed E-state index contributed by atoms with van der Waals surface area (Å²) < 4.78 is 40.3. The molecule has 5 rings (SSSR count). The van der Waals surface area contributed by atoms with Crippen molar-refractivity contribution in [1.29, 1.82) is 0 Å². The van der Waals surface area contributed by atoms with E-state index in [9.17, 15) is 22.8 Å². The number of carbonyl (C=O) groups excluding carboxylic acids is 2. The van der Waals surface area contributed by atoms with Crippen LogP contribution in [0.4, 0.5) is 18.0 Å². The van der Waals surface area contributed by atoms with Crippen LogP contribution in [0.15, 0.2) is 78.0 Å². The van der Waals surface area contributed by atoms with Crippen molar-refractivity contribution in [2.75, 3.05) is 13.1 Å². The highest BCUT2D eigenvalue weighted by Crippen LogP contribution is 2.49. The van der Waals surface area contributed by atoms with Gasteiger partial charge in [0.15, 0.2) is 0 Å². The van der Waals surface area contributed by atoms with E-state index in [2.05, 4.69) is 4.98 Å². The molecule has 0 saturated carbocycles. The lowest BCUT2D eigenvalue weighted by Gasteiger charge is -2.43. The molecule has 0 bridgehead atoms. The minimum absolute atomic E-state index is 0.0642. The molecule has 0 fully saturated rings. The van der Waals surface area contributed by atoms with E-state index in [1.807, 2.05) is 30.3 Å². The average molecular weight is 507 g/mol. The number of halogens is 3. The first-order valence-corrected chi connectivity index (χ1v) is 11.9. The Labute approximate surface area is 211 Å². The fourth-order valence-corrected chi connectivity index (χ4v) is 5.49. The van der Waals surface area contributed by atoms with E-state index in [1.54, 1.807) is 18.3 Å². The van der Waals surface area contributed by atoms with Gasteiger partial charge in [0, 0.05) is 36.8 Å². The molecule has 9 heteroatoms. The smallest absolute Gasteiger partial charge is 0.369 e. The molecule has 2 heterocycles. The minimum Gasteiger partial charge on any atom is -0.369 e. The Morgan fingerprint density at radius 3 is 2.57 bits per heavy atom. The van der Waals surface area contributed by atoms with E-state index in [0.717, 1.165) is 28.5 Å². The van der Waals surface area contributed by atoms with E-state index in [1.165, 1.54) is 11.0 Å². The van der Waals surface area contributed by atoms with Gasteiger partial charge in [-0.1, -0.05) is 42.5 Å². The third kappa shape index (κ3) is 4.34. The van der Waals surface area contributed by atoms with Crippen LogP contribution in [-0.4, -0.2) is 34.9 Å². The molecular weight excluding hydrogens is 481 g/mol. The van der Waals surface area contributed by atoms with Crippen LogP contribution in [0, 0.1) is 5.41 Å². The van der Waals surface area contributed by atoms with Crippen LogP contribution in [-0.2, 0) is 17.4 Å². The Morgan fingerprint density at radius 1 is 1.05 bits per heavy atom. The number of rotatable bonds is 4. The summed E-state index contributed by atoms with van der Waals surface area (Å²) in [6, 6.07) is 14.0. The summed E-state index contributed by atoms with van der Waals surface area (Å²) in [6.45, 7) is 0.348. The molecule has 0 spiro atoms. The lowest BCUT2D eigenvalue weighted by atomic mass is 9.64. The van der Waals surface area contributed by atoms with E-state index >= 15 is 0 Å². The number of pyridine rings is 1. The molecule has 3 amide bonds. The summed E-state index contributed by atoms with van der Waals surface area (Å²) in [7, 11) is 0. The van der Waals surface area contributed by atoms with Gasteiger partial charge in [0.1, 0.15) is 0 Å². The Hall–Kier alpha value is -4.14. The molecule has 2 aromatic carbocycles. The predicted molar refractivity (Wildman–Crippen MR) is 134 cm³/mol. The first-order valence-electron chi connectivity index (χ1n) is 11.9. The van der Waals surface area contributed by atoms with Crippen molar-refractivity contribution in [3.63, 3.8) is 0 Å². The fourth-order valence-electron chi connectivity index (χ4n) is 5.49. The second kappa shape index (κ2) is 9.06. The number of hydrogen-bond acceptors (Lipinski definition) is 3. The number of urea groups is 1. The van der Waals surface area contributed by atoms with Gasteiger partial charge in [-0.05, 0) is 58.7 Å². The number of alkyl halides is 3. The second-order valence-corrected chi connectivity index (χ2v) is 9.47. The SMILES string of the molecule is NC(=O)N1CCC2=C(C1)C(Cc1nccc3ccccc13)(C(N)=O)CC=C2c1cccc(C(F)(F)F)c1. The highest BCUT2D eigenvalue weighted by atomic mass is 19.4. The van der Waals surface area contributed by atoms with Crippen LogP contribution in [0.5, 0.6) is 0 Å². The van der Waals surface area contributed by atoms with Gasteiger partial charge in [-0.25, -0.2) is 4.79 Å². The molecule has 1 atom stereocenters. The van der Waals surface area contributed by atoms with Crippen LogP contribution >= 0.6 is 0 Å². The normalized spacial score (nSPS) is 20.0. The molecule has 0 radical (unpaired) electrons. The van der Waals surface area contributed by atoms with Crippen molar-refractivity contribution in [2.24, 2.45) is 16.9 Å². The van der Waals surface area contributed by atoms with Crippen molar-refractivity contribution in [3.05, 3.63) is 94.8 Å². The van der Waals surface area contributed by atoms with E-state index < -0.39 is 29.1 Å². The maximum atomic E-state index is 13.4. The Balaban J connectivity index is 1.66. The molecule has 4 N–H and O–H groups in total. The molecule has 1 aromatic heterocycles. The Morgan fingerprint density at radius 2 is 1.84 bits per heavy atom. The van der Waals surface area contributed by atoms with Gasteiger partial charge in [-0.15, -0.1) is 0 Å². The summed E-state index contributed by atoms with van der Waals surface area (Å²) >= 11 is 0. The molecule has 3 aromatic rings. The number of benzene rings is 2. The lowest BCUT2D eigenvalue weighted by molar-refractivity contribution is -0.137. The van der Waals surface area contributed by atoms with Crippen molar-refractivity contribution >= 4 is 28.3 Å². The standard InChI is InChI=1S/C28H25F3N4O2/c29-28(30,31)19-6-3-5-18(14-19)20-8-11-27(25(32)36,23-16-35(26(33)37)13-10-22(20)23)15-24-21-7-2-1-4-17(21)9-12-34-24/h1-9,12,14H,10-11,13,15-16H2,(H2,32,36)(H2,33,37). The molecule has 2 aliphatic rings. The number of nitrogens with two attached hydrogens (primary N) is 2. The van der Waals surface area contributed by atoms with Crippen LogP contribution < -0.4 is 11.5 Å². The van der Waals surface area contributed by atoms with Crippen molar-refractivity contribution in [2.45, 2.75) is 25.4 Å². The largest absolute Gasteiger partial charge is 0.416 e. The van der Waals surface area contributed by atoms with E-state index in [-0.39, 0.29) is 25.9 Å². The van der Waals surface area contributed by atoms with Crippen LogP contribution in [0.1, 0.15) is 29.7 Å². The molecule has 1 aliphatic carbocycles. The molecule has 0 saturated heterocycles. The number of aromatic nitrogens is 1. The zero-order valence-electron chi connectivity index (χ0n) is 19.9.